The van der Waals surface area contributed by atoms with Gasteiger partial charge in [-0.1, -0.05) is 0 Å². The highest BCUT2D eigenvalue weighted by molar-refractivity contribution is 5.85. The molecule has 2 aromatic rings. The van der Waals surface area contributed by atoms with Gasteiger partial charge in [-0.15, -0.1) is 24.8 Å². The van der Waals surface area contributed by atoms with Gasteiger partial charge in [-0.25, -0.2) is 4.98 Å². The highest BCUT2D eigenvalue weighted by Crippen LogP contribution is 2.17. The lowest BCUT2D eigenvalue weighted by Gasteiger charge is -2.18. The molecule has 1 heterocycles. The SMILES string of the molecule is Cc1cc2nc(CN(CCO)CCO)[nH]c2cc1C.Cl.Cl. The number of nitrogens with zero attached hydrogens (tertiary/aromatic N) is 2. The number of halogens is 2. The quantitative estimate of drug-likeness (QED) is 0.752. The Hall–Kier alpha value is -0.850. The molecule has 0 bridgehead atoms. The Morgan fingerprint density at radius 1 is 1.05 bits per heavy atom. The Morgan fingerprint density at radius 2 is 1.62 bits per heavy atom. The second kappa shape index (κ2) is 9.23. The lowest BCUT2D eigenvalue weighted by Crippen LogP contribution is -2.29. The summed E-state index contributed by atoms with van der Waals surface area (Å²) in [5.74, 6) is 0.863. The fourth-order valence-electron chi connectivity index (χ4n) is 2.16. The van der Waals surface area contributed by atoms with Crippen molar-refractivity contribution in [2.45, 2.75) is 20.4 Å². The van der Waals surface area contributed by atoms with Crippen LogP contribution in [-0.4, -0.2) is 51.4 Å². The molecule has 0 aliphatic rings. The van der Waals surface area contributed by atoms with Crippen molar-refractivity contribution in [1.29, 1.82) is 0 Å². The molecular formula is C14H23Cl2N3O2. The number of aromatic amines is 1. The average Bonchev–Trinajstić information content (AvgIpc) is 2.72. The number of benzene rings is 1. The molecule has 7 heteroatoms. The third kappa shape index (κ3) is 5.13. The van der Waals surface area contributed by atoms with Crippen LogP contribution in [-0.2, 0) is 6.54 Å². The first-order valence-corrected chi connectivity index (χ1v) is 6.54. The molecule has 3 N–H and O–H groups in total. The maximum absolute atomic E-state index is 9.00. The van der Waals surface area contributed by atoms with E-state index in [0.29, 0.717) is 19.6 Å². The molecule has 2 rings (SSSR count). The van der Waals surface area contributed by atoms with Crippen molar-refractivity contribution in [1.82, 2.24) is 14.9 Å². The van der Waals surface area contributed by atoms with Crippen LogP contribution in [0.3, 0.4) is 0 Å². The number of aliphatic hydroxyl groups is 2. The minimum atomic E-state index is 0. The molecule has 0 saturated carbocycles. The summed E-state index contributed by atoms with van der Waals surface area (Å²) in [6, 6.07) is 4.18. The Morgan fingerprint density at radius 3 is 2.19 bits per heavy atom. The van der Waals surface area contributed by atoms with Gasteiger partial charge in [0.25, 0.3) is 0 Å². The highest BCUT2D eigenvalue weighted by atomic mass is 35.5. The number of aryl methyl sites for hydroxylation is 2. The summed E-state index contributed by atoms with van der Waals surface area (Å²) in [4.78, 5) is 9.82. The number of hydrogen-bond acceptors (Lipinski definition) is 4. The Balaban J connectivity index is 0.00000200. The zero-order valence-electron chi connectivity index (χ0n) is 12.3. The summed E-state index contributed by atoms with van der Waals surface area (Å²) in [5.41, 5.74) is 4.47. The standard InChI is InChI=1S/C14H21N3O2.2ClH/c1-10-7-12-13(8-11(10)2)16-14(15-12)9-17(3-5-18)4-6-19;;/h7-8,18-19H,3-6,9H2,1-2H3,(H,15,16);2*1H. The molecule has 0 unspecified atom stereocenters. The molecule has 0 saturated heterocycles. The van der Waals surface area contributed by atoms with Crippen LogP contribution in [0.4, 0.5) is 0 Å². The molecule has 0 radical (unpaired) electrons. The van der Waals surface area contributed by atoms with Gasteiger partial charge in [0.15, 0.2) is 0 Å². The normalized spacial score (nSPS) is 10.5. The number of H-pyrrole nitrogens is 1. The maximum Gasteiger partial charge on any atom is 0.121 e. The van der Waals surface area contributed by atoms with E-state index in [4.69, 9.17) is 10.2 Å². The van der Waals surface area contributed by atoms with Gasteiger partial charge in [-0.2, -0.15) is 0 Å². The molecule has 120 valence electrons. The minimum absolute atomic E-state index is 0. The summed E-state index contributed by atoms with van der Waals surface area (Å²) in [5, 5.41) is 18.0. The minimum Gasteiger partial charge on any atom is -0.395 e. The molecular weight excluding hydrogens is 313 g/mol. The number of nitrogens with one attached hydrogen (secondary N) is 1. The van der Waals surface area contributed by atoms with Gasteiger partial charge < -0.3 is 15.2 Å². The fraction of sp³-hybridized carbons (Fsp3) is 0.500. The molecule has 1 aromatic heterocycles. The van der Waals surface area contributed by atoms with Gasteiger partial charge in [-0.3, -0.25) is 4.90 Å². The second-order valence-corrected chi connectivity index (χ2v) is 4.86. The number of imidazole rings is 1. The summed E-state index contributed by atoms with van der Waals surface area (Å²) >= 11 is 0. The van der Waals surface area contributed by atoms with E-state index in [-0.39, 0.29) is 38.0 Å². The maximum atomic E-state index is 9.00. The van der Waals surface area contributed by atoms with Crippen molar-refractivity contribution in [3.8, 4) is 0 Å². The van der Waals surface area contributed by atoms with Crippen molar-refractivity contribution < 1.29 is 10.2 Å². The van der Waals surface area contributed by atoms with E-state index in [1.54, 1.807) is 0 Å². The van der Waals surface area contributed by atoms with Crippen LogP contribution in [0.25, 0.3) is 11.0 Å². The topological polar surface area (TPSA) is 72.4 Å². The molecule has 0 aliphatic heterocycles. The van der Waals surface area contributed by atoms with Crippen LogP contribution in [0, 0.1) is 13.8 Å². The molecule has 0 spiro atoms. The number of rotatable bonds is 6. The van der Waals surface area contributed by atoms with Crippen LogP contribution in [0.2, 0.25) is 0 Å². The lowest BCUT2D eigenvalue weighted by atomic mass is 10.1. The van der Waals surface area contributed by atoms with E-state index in [2.05, 4.69) is 35.9 Å². The van der Waals surface area contributed by atoms with E-state index in [0.717, 1.165) is 16.9 Å². The molecule has 0 amide bonds. The van der Waals surface area contributed by atoms with Gasteiger partial charge in [0, 0.05) is 13.1 Å². The van der Waals surface area contributed by atoms with Gasteiger partial charge in [0.2, 0.25) is 0 Å². The van der Waals surface area contributed by atoms with Crippen molar-refractivity contribution in [2.75, 3.05) is 26.3 Å². The monoisotopic (exact) mass is 335 g/mol. The Kier molecular flexibility index (Phi) is 8.85. The van der Waals surface area contributed by atoms with Crippen LogP contribution in [0.1, 0.15) is 17.0 Å². The highest BCUT2D eigenvalue weighted by Gasteiger charge is 2.09. The van der Waals surface area contributed by atoms with Crippen LogP contribution >= 0.6 is 24.8 Å². The van der Waals surface area contributed by atoms with E-state index in [1.807, 2.05) is 4.90 Å². The summed E-state index contributed by atoms with van der Waals surface area (Å²) in [6.45, 7) is 6.00. The molecule has 0 fully saturated rings. The summed E-state index contributed by atoms with van der Waals surface area (Å²) in [6.07, 6.45) is 0. The fourth-order valence-corrected chi connectivity index (χ4v) is 2.16. The molecule has 1 aromatic carbocycles. The van der Waals surface area contributed by atoms with Gasteiger partial charge in [-0.05, 0) is 37.1 Å². The van der Waals surface area contributed by atoms with Gasteiger partial charge in [0.1, 0.15) is 5.82 Å². The zero-order chi connectivity index (χ0) is 13.8. The van der Waals surface area contributed by atoms with Crippen molar-refractivity contribution in [3.63, 3.8) is 0 Å². The van der Waals surface area contributed by atoms with Crippen molar-refractivity contribution in [2.24, 2.45) is 0 Å². The van der Waals surface area contributed by atoms with Crippen LogP contribution < -0.4 is 0 Å². The Bertz CT molecular complexity index is 515. The largest absolute Gasteiger partial charge is 0.395 e. The molecule has 5 nitrogen and oxygen atoms in total. The third-order valence-corrected chi connectivity index (χ3v) is 3.35. The molecule has 21 heavy (non-hydrogen) atoms. The lowest BCUT2D eigenvalue weighted by molar-refractivity contribution is 0.154. The first-order valence-electron chi connectivity index (χ1n) is 6.54. The number of aromatic nitrogens is 2. The third-order valence-electron chi connectivity index (χ3n) is 3.35. The van der Waals surface area contributed by atoms with Crippen LogP contribution in [0.15, 0.2) is 12.1 Å². The molecule has 0 atom stereocenters. The first kappa shape index (κ1) is 20.1. The number of aliphatic hydroxyl groups excluding tert-OH is 2. The second-order valence-electron chi connectivity index (χ2n) is 4.86. The van der Waals surface area contributed by atoms with Gasteiger partial charge >= 0.3 is 0 Å². The average molecular weight is 336 g/mol. The van der Waals surface area contributed by atoms with Crippen LogP contribution in [0.5, 0.6) is 0 Å². The zero-order valence-corrected chi connectivity index (χ0v) is 13.9. The van der Waals surface area contributed by atoms with E-state index >= 15 is 0 Å². The number of hydrogen-bond donors (Lipinski definition) is 3. The molecule has 0 aliphatic carbocycles. The van der Waals surface area contributed by atoms with E-state index < -0.39 is 0 Å². The predicted octanol–water partition coefficient (Wildman–Crippen LogP) is 1.81. The first-order chi connectivity index (χ1) is 9.13. The predicted molar refractivity (Wildman–Crippen MR) is 89.5 cm³/mol. The summed E-state index contributed by atoms with van der Waals surface area (Å²) in [7, 11) is 0. The number of fused-ring (bicyclic) bond motifs is 1. The van der Waals surface area contributed by atoms with E-state index in [9.17, 15) is 0 Å². The van der Waals surface area contributed by atoms with Gasteiger partial charge in [0.05, 0.1) is 30.8 Å². The Labute approximate surface area is 137 Å². The smallest absolute Gasteiger partial charge is 0.121 e. The van der Waals surface area contributed by atoms with Crippen molar-refractivity contribution in [3.05, 3.63) is 29.1 Å². The van der Waals surface area contributed by atoms with Crippen molar-refractivity contribution >= 4 is 35.8 Å². The van der Waals surface area contributed by atoms with E-state index in [1.165, 1.54) is 11.1 Å². The summed E-state index contributed by atoms with van der Waals surface area (Å²) < 4.78 is 0.